The Hall–Kier alpha value is -2.79. The number of fused-ring (bicyclic) bond motifs is 3. The predicted octanol–water partition coefficient (Wildman–Crippen LogP) is 3.88. The van der Waals surface area contributed by atoms with E-state index in [1.54, 1.807) is 12.4 Å². The molecule has 3 aromatic heterocycles. The molecule has 2 saturated heterocycles. The van der Waals surface area contributed by atoms with Gasteiger partial charge in [0.15, 0.2) is 5.65 Å². The molecule has 0 N–H and O–H groups in total. The van der Waals surface area contributed by atoms with Crippen molar-refractivity contribution in [1.29, 1.82) is 0 Å². The van der Waals surface area contributed by atoms with Crippen molar-refractivity contribution in [2.45, 2.75) is 18.1 Å². The third-order valence-electron chi connectivity index (χ3n) is 6.79. The van der Waals surface area contributed by atoms with Crippen LogP contribution in [0.3, 0.4) is 0 Å². The highest BCUT2D eigenvalue weighted by molar-refractivity contribution is 7.18. The summed E-state index contributed by atoms with van der Waals surface area (Å²) in [5.41, 5.74) is 1.34. The molecule has 3 atom stereocenters. The number of thiazole rings is 1. The molecular formula is C21H17F3N6OS. The molecular weight excluding hydrogens is 441 g/mol. The second-order valence-corrected chi connectivity index (χ2v) is 9.77. The topological polar surface area (TPSA) is 69.0 Å². The highest BCUT2D eigenvalue weighted by atomic mass is 32.1. The Balaban J connectivity index is 1.11. The van der Waals surface area contributed by atoms with E-state index in [9.17, 15) is 13.2 Å². The summed E-state index contributed by atoms with van der Waals surface area (Å²) in [5.74, 6) is 2.04. The van der Waals surface area contributed by atoms with Crippen molar-refractivity contribution >= 4 is 38.5 Å². The van der Waals surface area contributed by atoms with Crippen LogP contribution in [0.1, 0.15) is 22.5 Å². The van der Waals surface area contributed by atoms with Crippen molar-refractivity contribution in [2.75, 3.05) is 31.2 Å². The monoisotopic (exact) mass is 458 g/mol. The minimum atomic E-state index is -4.35. The number of benzene rings is 1. The van der Waals surface area contributed by atoms with Crippen LogP contribution in [-0.2, 0) is 10.9 Å². The van der Waals surface area contributed by atoms with Crippen molar-refractivity contribution in [2.24, 2.45) is 11.8 Å². The first-order chi connectivity index (χ1) is 15.5. The summed E-state index contributed by atoms with van der Waals surface area (Å²) in [6.45, 7) is 2.98. The molecule has 0 radical (unpaired) electrons. The minimum absolute atomic E-state index is 0.213. The zero-order chi connectivity index (χ0) is 21.6. The van der Waals surface area contributed by atoms with Crippen LogP contribution in [0.5, 0.6) is 0 Å². The fourth-order valence-electron chi connectivity index (χ4n) is 4.94. The largest absolute Gasteiger partial charge is 0.416 e. The molecule has 1 saturated carbocycles. The standard InChI is InChI=1S/C21H17F3N6OS/c22-21(23,24)10-1-2-16-14(3-10)27-20(32-16)18-12-6-29(7-13(12)18)17-5-25-15-4-26-30(19(15)28-17)11-8-31-9-11/h1-5,11-13,18H,6-9H2/t12-,13+,18-. The van der Waals surface area contributed by atoms with Gasteiger partial charge in [-0.05, 0) is 30.0 Å². The van der Waals surface area contributed by atoms with Gasteiger partial charge in [-0.1, -0.05) is 0 Å². The molecule has 5 heterocycles. The van der Waals surface area contributed by atoms with E-state index in [1.165, 1.54) is 17.4 Å². The average molecular weight is 458 g/mol. The van der Waals surface area contributed by atoms with Gasteiger partial charge >= 0.3 is 6.18 Å². The quantitative estimate of drug-likeness (QED) is 0.464. The molecule has 1 aromatic carbocycles. The normalized spacial score (nSPS) is 25.5. The Morgan fingerprint density at radius 2 is 1.84 bits per heavy atom. The van der Waals surface area contributed by atoms with Gasteiger partial charge in [0, 0.05) is 19.0 Å². The van der Waals surface area contributed by atoms with Crippen molar-refractivity contribution < 1.29 is 17.9 Å². The molecule has 164 valence electrons. The number of ether oxygens (including phenoxy) is 1. The lowest BCUT2D eigenvalue weighted by molar-refractivity contribution is -0.137. The van der Waals surface area contributed by atoms with Crippen LogP contribution in [0.25, 0.3) is 21.4 Å². The molecule has 32 heavy (non-hydrogen) atoms. The number of alkyl halides is 3. The van der Waals surface area contributed by atoms with Crippen LogP contribution in [0, 0.1) is 11.8 Å². The number of aromatic nitrogens is 5. The zero-order valence-corrected chi connectivity index (χ0v) is 17.5. The van der Waals surface area contributed by atoms with Crippen LogP contribution in [0.4, 0.5) is 19.0 Å². The smallest absolute Gasteiger partial charge is 0.377 e. The lowest BCUT2D eigenvalue weighted by Gasteiger charge is -2.26. The van der Waals surface area contributed by atoms with Crippen LogP contribution < -0.4 is 4.90 Å². The number of piperidine rings is 1. The molecule has 0 amide bonds. The molecule has 0 unspecified atom stereocenters. The summed E-state index contributed by atoms with van der Waals surface area (Å²) < 4.78 is 47.0. The lowest BCUT2D eigenvalue weighted by atomic mass is 10.2. The van der Waals surface area contributed by atoms with E-state index >= 15 is 0 Å². The third-order valence-corrected chi connectivity index (χ3v) is 7.93. The van der Waals surface area contributed by atoms with Crippen LogP contribution >= 0.6 is 11.3 Å². The third kappa shape index (κ3) is 2.77. The SMILES string of the molecule is FC(F)(F)c1ccc2sc([C@@H]3[C@@H]4CN(c5cnc6cnn(C7COC7)c6n5)C[C@@H]43)nc2c1. The van der Waals surface area contributed by atoms with Gasteiger partial charge in [0.1, 0.15) is 17.4 Å². The van der Waals surface area contributed by atoms with Gasteiger partial charge in [-0.2, -0.15) is 18.3 Å². The molecule has 3 fully saturated rings. The van der Waals surface area contributed by atoms with Crippen molar-refractivity contribution in [3.63, 3.8) is 0 Å². The molecule has 7 nitrogen and oxygen atoms in total. The second kappa shape index (κ2) is 6.38. The second-order valence-electron chi connectivity index (χ2n) is 8.71. The Labute approximate surface area is 183 Å². The Morgan fingerprint density at radius 1 is 1.03 bits per heavy atom. The van der Waals surface area contributed by atoms with E-state index in [0.29, 0.717) is 36.5 Å². The highest BCUT2D eigenvalue weighted by Gasteiger charge is 2.58. The molecule has 11 heteroatoms. The fourth-order valence-corrected chi connectivity index (χ4v) is 6.14. The van der Waals surface area contributed by atoms with Gasteiger partial charge in [-0.25, -0.2) is 19.6 Å². The number of anilines is 1. The maximum absolute atomic E-state index is 13.0. The fraction of sp³-hybridized carbons (Fsp3) is 0.429. The van der Waals surface area contributed by atoms with E-state index in [-0.39, 0.29) is 6.04 Å². The summed E-state index contributed by atoms with van der Waals surface area (Å²) in [4.78, 5) is 16.2. The van der Waals surface area contributed by atoms with Crippen LogP contribution in [-0.4, -0.2) is 51.0 Å². The summed E-state index contributed by atoms with van der Waals surface area (Å²) in [6, 6.07) is 4.03. The first-order valence-corrected chi connectivity index (χ1v) is 11.3. The van der Waals surface area contributed by atoms with Gasteiger partial charge < -0.3 is 9.64 Å². The van der Waals surface area contributed by atoms with Gasteiger partial charge in [-0.15, -0.1) is 11.3 Å². The molecule has 3 aliphatic rings. The highest BCUT2D eigenvalue weighted by Crippen LogP contribution is 2.59. The summed E-state index contributed by atoms with van der Waals surface area (Å²) >= 11 is 1.51. The molecule has 2 aliphatic heterocycles. The first kappa shape index (κ1) is 18.8. The molecule has 1 aliphatic carbocycles. The first-order valence-electron chi connectivity index (χ1n) is 10.5. The number of halogens is 3. The van der Waals surface area contributed by atoms with Crippen molar-refractivity contribution in [1.82, 2.24) is 24.7 Å². The number of nitrogens with zero attached hydrogens (tertiary/aromatic N) is 6. The van der Waals surface area contributed by atoms with E-state index < -0.39 is 11.7 Å². The number of hydrogen-bond acceptors (Lipinski definition) is 7. The van der Waals surface area contributed by atoms with Crippen LogP contribution in [0.2, 0.25) is 0 Å². The zero-order valence-electron chi connectivity index (χ0n) is 16.7. The van der Waals surface area contributed by atoms with E-state index in [4.69, 9.17) is 9.72 Å². The predicted molar refractivity (Wildman–Crippen MR) is 112 cm³/mol. The van der Waals surface area contributed by atoms with Crippen molar-refractivity contribution in [3.05, 3.63) is 41.2 Å². The lowest BCUT2D eigenvalue weighted by Crippen LogP contribution is -2.31. The Bertz CT molecular complexity index is 1350. The summed E-state index contributed by atoms with van der Waals surface area (Å²) in [5, 5.41) is 5.36. The molecule has 0 spiro atoms. The van der Waals surface area contributed by atoms with Gasteiger partial charge in [-0.3, -0.25) is 0 Å². The summed E-state index contributed by atoms with van der Waals surface area (Å²) in [7, 11) is 0. The van der Waals surface area contributed by atoms with E-state index in [2.05, 4.69) is 20.0 Å². The molecule has 7 rings (SSSR count). The minimum Gasteiger partial charge on any atom is -0.377 e. The van der Waals surface area contributed by atoms with E-state index in [1.807, 2.05) is 4.68 Å². The Morgan fingerprint density at radius 3 is 2.56 bits per heavy atom. The maximum Gasteiger partial charge on any atom is 0.416 e. The van der Waals surface area contributed by atoms with Gasteiger partial charge in [0.2, 0.25) is 0 Å². The molecule has 4 aromatic rings. The van der Waals surface area contributed by atoms with Gasteiger partial charge in [0.05, 0.1) is 46.4 Å². The van der Waals surface area contributed by atoms with E-state index in [0.717, 1.165) is 51.9 Å². The van der Waals surface area contributed by atoms with Crippen molar-refractivity contribution in [3.8, 4) is 0 Å². The summed E-state index contributed by atoms with van der Waals surface area (Å²) in [6.07, 6.45) is -0.821. The number of rotatable bonds is 3. The average Bonchev–Trinajstić information content (AvgIpc) is 3.14. The number of hydrogen-bond donors (Lipinski definition) is 0. The Kier molecular flexibility index (Phi) is 3.74. The maximum atomic E-state index is 13.0. The molecule has 0 bridgehead atoms. The van der Waals surface area contributed by atoms with Crippen LogP contribution in [0.15, 0.2) is 30.6 Å². The van der Waals surface area contributed by atoms with Gasteiger partial charge in [0.25, 0.3) is 0 Å².